The van der Waals surface area contributed by atoms with Crippen molar-refractivity contribution in [3.63, 3.8) is 0 Å². The van der Waals surface area contributed by atoms with Crippen LogP contribution in [0.25, 0.3) is 0 Å². The van der Waals surface area contributed by atoms with Crippen molar-refractivity contribution in [1.82, 2.24) is 9.88 Å². The lowest BCUT2D eigenvalue weighted by atomic mass is 9.96. The maximum absolute atomic E-state index is 13.8. The van der Waals surface area contributed by atoms with Gasteiger partial charge in [0.2, 0.25) is 0 Å². The number of piperidine rings is 1. The summed E-state index contributed by atoms with van der Waals surface area (Å²) >= 11 is 0. The first-order chi connectivity index (χ1) is 15.5. The summed E-state index contributed by atoms with van der Waals surface area (Å²) in [5, 5.41) is 0. The van der Waals surface area contributed by atoms with Crippen molar-refractivity contribution < 1.29 is 23.1 Å². The highest BCUT2D eigenvalue weighted by Gasteiger charge is 2.31. The molecule has 1 aliphatic rings. The Morgan fingerprint density at radius 2 is 1.69 bits per heavy atom. The van der Waals surface area contributed by atoms with Gasteiger partial charge in [0.05, 0.1) is 11.6 Å². The summed E-state index contributed by atoms with van der Waals surface area (Å²) in [7, 11) is 0. The van der Waals surface area contributed by atoms with Gasteiger partial charge in [0.25, 0.3) is 5.91 Å². The zero-order chi connectivity index (χ0) is 22.5. The van der Waals surface area contributed by atoms with Gasteiger partial charge in [-0.3, -0.25) is 14.6 Å². The highest BCUT2D eigenvalue weighted by Crippen LogP contribution is 2.29. The maximum Gasteiger partial charge on any atom is 0.310 e. The Labute approximate surface area is 184 Å². The Morgan fingerprint density at radius 3 is 2.34 bits per heavy atom. The van der Waals surface area contributed by atoms with Gasteiger partial charge in [0.1, 0.15) is 11.6 Å². The second-order valence-electron chi connectivity index (χ2n) is 7.70. The molecule has 32 heavy (non-hydrogen) atoms. The van der Waals surface area contributed by atoms with E-state index in [1.165, 1.54) is 36.4 Å². The Kier molecular flexibility index (Phi) is 6.54. The average Bonchev–Trinajstić information content (AvgIpc) is 2.83. The number of rotatable bonds is 5. The van der Waals surface area contributed by atoms with Gasteiger partial charge in [-0.1, -0.05) is 18.2 Å². The molecule has 2 heterocycles. The van der Waals surface area contributed by atoms with Crippen LogP contribution in [-0.2, 0) is 9.53 Å². The molecule has 1 amide bonds. The fraction of sp³-hybridized carbons (Fsp3) is 0.240. The summed E-state index contributed by atoms with van der Waals surface area (Å²) in [5.74, 6) is -1.80. The van der Waals surface area contributed by atoms with E-state index in [0.717, 1.165) is 0 Å². The molecule has 0 N–H and O–H groups in total. The Morgan fingerprint density at radius 1 is 0.938 bits per heavy atom. The minimum absolute atomic E-state index is 0.192. The molecule has 0 spiro atoms. The lowest BCUT2D eigenvalue weighted by molar-refractivity contribution is -0.154. The third-order valence-corrected chi connectivity index (χ3v) is 5.55. The summed E-state index contributed by atoms with van der Waals surface area (Å²) in [6.45, 7) is 0.786. The minimum atomic E-state index is -0.821. The normalized spacial score (nSPS) is 15.2. The quantitative estimate of drug-likeness (QED) is 0.551. The van der Waals surface area contributed by atoms with Gasteiger partial charge in [0.15, 0.2) is 6.10 Å². The van der Waals surface area contributed by atoms with E-state index in [0.29, 0.717) is 42.8 Å². The summed E-state index contributed by atoms with van der Waals surface area (Å²) in [6.07, 6.45) is 1.67. The topological polar surface area (TPSA) is 59.5 Å². The van der Waals surface area contributed by atoms with Gasteiger partial charge in [-0.2, -0.15) is 0 Å². The number of carbonyl (C=O) groups is 2. The summed E-state index contributed by atoms with van der Waals surface area (Å²) in [4.78, 5) is 31.5. The number of hydrogen-bond donors (Lipinski definition) is 0. The van der Waals surface area contributed by atoms with Crippen LogP contribution in [0.15, 0.2) is 72.9 Å². The third kappa shape index (κ3) is 4.99. The third-order valence-electron chi connectivity index (χ3n) is 5.55. The maximum atomic E-state index is 13.8. The Balaban J connectivity index is 1.42. The number of halogens is 2. The molecule has 3 aromatic rings. The molecular weight excluding hydrogens is 414 g/mol. The average molecular weight is 436 g/mol. The predicted molar refractivity (Wildman–Crippen MR) is 114 cm³/mol. The number of aromatic nitrogens is 1. The molecule has 0 radical (unpaired) electrons. The lowest BCUT2D eigenvalue weighted by Gasteiger charge is -2.31. The van der Waals surface area contributed by atoms with Crippen molar-refractivity contribution in [3.05, 3.63) is 101 Å². The number of likely N-dealkylation sites (tertiary alicyclic amines) is 1. The number of ether oxygens (including phenoxy) is 1. The first kappa shape index (κ1) is 21.6. The van der Waals surface area contributed by atoms with E-state index in [2.05, 4.69) is 4.98 Å². The predicted octanol–water partition coefficient (Wildman–Crippen LogP) is 4.54. The molecule has 1 unspecified atom stereocenters. The zero-order valence-corrected chi connectivity index (χ0v) is 17.3. The van der Waals surface area contributed by atoms with Crippen molar-refractivity contribution in [3.8, 4) is 0 Å². The number of pyridine rings is 1. The van der Waals surface area contributed by atoms with Crippen molar-refractivity contribution in [2.24, 2.45) is 5.92 Å². The second-order valence-corrected chi connectivity index (χ2v) is 7.70. The van der Waals surface area contributed by atoms with E-state index in [1.54, 1.807) is 41.4 Å². The highest BCUT2D eigenvalue weighted by molar-refractivity contribution is 5.94. The number of benzene rings is 2. The van der Waals surface area contributed by atoms with E-state index in [4.69, 9.17) is 4.74 Å². The first-order valence-electron chi connectivity index (χ1n) is 10.4. The molecule has 0 saturated carbocycles. The van der Waals surface area contributed by atoms with Crippen molar-refractivity contribution >= 4 is 11.9 Å². The molecule has 7 heteroatoms. The van der Waals surface area contributed by atoms with E-state index in [-0.39, 0.29) is 11.8 Å². The van der Waals surface area contributed by atoms with Gasteiger partial charge >= 0.3 is 5.97 Å². The monoisotopic (exact) mass is 436 g/mol. The molecule has 4 rings (SSSR count). The van der Waals surface area contributed by atoms with Crippen molar-refractivity contribution in [1.29, 1.82) is 0 Å². The van der Waals surface area contributed by atoms with Crippen molar-refractivity contribution in [2.45, 2.75) is 18.9 Å². The van der Waals surface area contributed by atoms with Crippen LogP contribution >= 0.6 is 0 Å². The van der Waals surface area contributed by atoms with E-state index >= 15 is 0 Å². The fourth-order valence-electron chi connectivity index (χ4n) is 3.81. The van der Waals surface area contributed by atoms with Crippen LogP contribution in [0.1, 0.15) is 40.6 Å². The number of hydrogen-bond acceptors (Lipinski definition) is 4. The highest BCUT2D eigenvalue weighted by atomic mass is 19.1. The van der Waals surface area contributed by atoms with Crippen LogP contribution in [0.2, 0.25) is 0 Å². The summed E-state index contributed by atoms with van der Waals surface area (Å²) in [5.41, 5.74) is 1.42. The molecule has 1 saturated heterocycles. The van der Waals surface area contributed by atoms with Gasteiger partial charge in [-0.05, 0) is 61.4 Å². The largest absolute Gasteiger partial charge is 0.451 e. The molecule has 0 aliphatic carbocycles. The molecule has 1 atom stereocenters. The summed E-state index contributed by atoms with van der Waals surface area (Å²) < 4.78 is 32.7. The van der Waals surface area contributed by atoms with Crippen LogP contribution in [-0.4, -0.2) is 34.8 Å². The van der Waals surface area contributed by atoms with E-state index in [9.17, 15) is 18.4 Å². The Hall–Kier alpha value is -3.61. The molecule has 1 aromatic heterocycles. The number of nitrogens with zero attached hydrogens (tertiary/aromatic N) is 2. The molecule has 2 aromatic carbocycles. The molecular formula is C25H22F2N2O3. The van der Waals surface area contributed by atoms with Crippen LogP contribution in [0.3, 0.4) is 0 Å². The molecule has 0 bridgehead atoms. The standard InChI is InChI=1S/C25H22F2N2O3/c26-20-9-7-17(8-10-20)24(30)29-14-11-18(12-15-29)25(31)32-23(22-6-1-2-13-28-22)19-4-3-5-21(27)16-19/h1-10,13,16,18,23H,11-12,14-15H2. The zero-order valence-electron chi connectivity index (χ0n) is 17.3. The smallest absolute Gasteiger partial charge is 0.310 e. The first-order valence-corrected chi connectivity index (χ1v) is 10.4. The molecule has 1 fully saturated rings. The Bertz CT molecular complexity index is 1080. The van der Waals surface area contributed by atoms with Gasteiger partial charge in [0, 0.05) is 30.4 Å². The number of carbonyl (C=O) groups excluding carboxylic acids is 2. The van der Waals surface area contributed by atoms with Gasteiger partial charge in [-0.15, -0.1) is 0 Å². The SMILES string of the molecule is O=C(OC(c1cccc(F)c1)c1ccccn1)C1CCN(C(=O)c2ccc(F)cc2)CC1. The van der Waals surface area contributed by atoms with Crippen LogP contribution < -0.4 is 0 Å². The number of amides is 1. The van der Waals surface area contributed by atoms with Gasteiger partial charge in [-0.25, -0.2) is 8.78 Å². The van der Waals surface area contributed by atoms with E-state index in [1.807, 2.05) is 0 Å². The van der Waals surface area contributed by atoms with Crippen LogP contribution in [0.5, 0.6) is 0 Å². The molecule has 1 aliphatic heterocycles. The fourth-order valence-corrected chi connectivity index (χ4v) is 3.81. The molecule has 5 nitrogen and oxygen atoms in total. The van der Waals surface area contributed by atoms with Gasteiger partial charge < -0.3 is 9.64 Å². The summed E-state index contributed by atoms with van der Waals surface area (Å²) in [6, 6.07) is 16.6. The number of esters is 1. The second kappa shape index (κ2) is 9.68. The van der Waals surface area contributed by atoms with Crippen LogP contribution in [0.4, 0.5) is 8.78 Å². The van der Waals surface area contributed by atoms with Crippen LogP contribution in [0, 0.1) is 17.6 Å². The minimum Gasteiger partial charge on any atom is -0.451 e. The van der Waals surface area contributed by atoms with Crippen molar-refractivity contribution in [2.75, 3.05) is 13.1 Å². The van der Waals surface area contributed by atoms with E-state index < -0.39 is 23.7 Å². The lowest BCUT2D eigenvalue weighted by Crippen LogP contribution is -2.40. The molecule has 164 valence electrons.